The van der Waals surface area contributed by atoms with Gasteiger partial charge in [-0.25, -0.2) is 0 Å². The Morgan fingerprint density at radius 1 is 1.22 bits per heavy atom. The Morgan fingerprint density at radius 3 is 2.72 bits per heavy atom. The summed E-state index contributed by atoms with van der Waals surface area (Å²) in [5.74, 6) is 0. The van der Waals surface area contributed by atoms with Gasteiger partial charge in [0.05, 0.1) is 11.6 Å². The Hall–Kier alpha value is -1.98. The average Bonchev–Trinajstić information content (AvgIpc) is 2.37. The highest BCUT2D eigenvalue weighted by molar-refractivity contribution is 6.31. The highest BCUT2D eigenvalue weighted by Gasteiger charge is 2.02. The van der Waals surface area contributed by atoms with Crippen LogP contribution in [0.5, 0.6) is 0 Å². The first-order chi connectivity index (χ1) is 8.69. The van der Waals surface area contributed by atoms with Crippen molar-refractivity contribution in [1.29, 1.82) is 5.26 Å². The van der Waals surface area contributed by atoms with E-state index in [2.05, 4.69) is 30.4 Å². The lowest BCUT2D eigenvalue weighted by atomic mass is 10.1. The maximum absolute atomic E-state index is 8.77. The molecule has 0 aromatic heterocycles. The van der Waals surface area contributed by atoms with E-state index in [0.29, 0.717) is 17.1 Å². The topological polar surface area (TPSA) is 35.8 Å². The molecule has 2 aromatic carbocycles. The minimum absolute atomic E-state index is 0.583. The van der Waals surface area contributed by atoms with E-state index in [1.165, 1.54) is 5.56 Å². The number of nitrogens with one attached hydrogen (secondary N) is 1. The van der Waals surface area contributed by atoms with Crippen molar-refractivity contribution >= 4 is 17.3 Å². The highest BCUT2D eigenvalue weighted by atomic mass is 35.5. The molecule has 0 aliphatic heterocycles. The van der Waals surface area contributed by atoms with Crippen LogP contribution in [-0.2, 0) is 6.54 Å². The Morgan fingerprint density at radius 2 is 2.06 bits per heavy atom. The molecule has 0 spiro atoms. The first kappa shape index (κ1) is 12.5. The third kappa shape index (κ3) is 3.03. The summed E-state index contributed by atoms with van der Waals surface area (Å²) in [7, 11) is 0. The van der Waals surface area contributed by atoms with E-state index in [-0.39, 0.29) is 0 Å². The number of nitriles is 1. The van der Waals surface area contributed by atoms with E-state index in [1.54, 1.807) is 12.1 Å². The van der Waals surface area contributed by atoms with Gasteiger partial charge >= 0.3 is 0 Å². The van der Waals surface area contributed by atoms with Crippen molar-refractivity contribution in [3.05, 3.63) is 64.2 Å². The molecule has 3 heteroatoms. The van der Waals surface area contributed by atoms with Gasteiger partial charge in [0.2, 0.25) is 0 Å². The summed E-state index contributed by atoms with van der Waals surface area (Å²) in [4.78, 5) is 0. The summed E-state index contributed by atoms with van der Waals surface area (Å²) in [6.45, 7) is 2.70. The standard InChI is InChI=1S/C15H13ClN2/c1-11-3-2-4-14(7-11)18-10-13-6-5-12(9-17)8-15(13)16/h2-8,18H,10H2,1H3. The van der Waals surface area contributed by atoms with Crippen LogP contribution in [0.15, 0.2) is 42.5 Å². The van der Waals surface area contributed by atoms with Crippen molar-refractivity contribution < 1.29 is 0 Å². The Kier molecular flexibility index (Phi) is 3.86. The summed E-state index contributed by atoms with van der Waals surface area (Å²) in [6.07, 6.45) is 0. The number of hydrogen-bond acceptors (Lipinski definition) is 2. The maximum atomic E-state index is 8.77. The number of rotatable bonds is 3. The number of nitrogens with zero attached hydrogens (tertiary/aromatic N) is 1. The quantitative estimate of drug-likeness (QED) is 0.896. The minimum atomic E-state index is 0.583. The van der Waals surface area contributed by atoms with Crippen molar-refractivity contribution in [1.82, 2.24) is 0 Å². The van der Waals surface area contributed by atoms with Crippen molar-refractivity contribution in [3.63, 3.8) is 0 Å². The molecule has 0 saturated heterocycles. The van der Waals surface area contributed by atoms with Gasteiger partial charge in [0.15, 0.2) is 0 Å². The summed E-state index contributed by atoms with van der Waals surface area (Å²) in [5.41, 5.74) is 3.85. The van der Waals surface area contributed by atoms with Crippen LogP contribution in [-0.4, -0.2) is 0 Å². The maximum Gasteiger partial charge on any atom is 0.0992 e. The zero-order valence-corrected chi connectivity index (χ0v) is 10.8. The number of hydrogen-bond donors (Lipinski definition) is 1. The second-order valence-corrected chi connectivity index (χ2v) is 4.55. The minimum Gasteiger partial charge on any atom is -0.381 e. The van der Waals surface area contributed by atoms with Gasteiger partial charge in [-0.05, 0) is 42.3 Å². The highest BCUT2D eigenvalue weighted by Crippen LogP contribution is 2.19. The van der Waals surface area contributed by atoms with Crippen LogP contribution in [0.1, 0.15) is 16.7 Å². The van der Waals surface area contributed by atoms with E-state index in [0.717, 1.165) is 11.3 Å². The molecule has 90 valence electrons. The molecule has 0 heterocycles. The second-order valence-electron chi connectivity index (χ2n) is 4.14. The molecule has 2 rings (SSSR count). The van der Waals surface area contributed by atoms with Crippen molar-refractivity contribution in [3.8, 4) is 6.07 Å². The number of halogens is 1. The molecule has 0 atom stereocenters. The molecule has 0 aliphatic carbocycles. The van der Waals surface area contributed by atoms with Gasteiger partial charge in [0, 0.05) is 17.3 Å². The molecule has 0 bridgehead atoms. The van der Waals surface area contributed by atoms with Gasteiger partial charge in [-0.3, -0.25) is 0 Å². The van der Waals surface area contributed by atoms with Crippen LogP contribution < -0.4 is 5.32 Å². The van der Waals surface area contributed by atoms with E-state index in [4.69, 9.17) is 16.9 Å². The zero-order chi connectivity index (χ0) is 13.0. The van der Waals surface area contributed by atoms with E-state index in [1.807, 2.05) is 18.2 Å². The smallest absolute Gasteiger partial charge is 0.0992 e. The monoisotopic (exact) mass is 256 g/mol. The summed E-state index contributed by atoms with van der Waals surface area (Å²) in [6, 6.07) is 15.6. The summed E-state index contributed by atoms with van der Waals surface area (Å²) < 4.78 is 0. The van der Waals surface area contributed by atoms with Gasteiger partial charge in [0.1, 0.15) is 0 Å². The van der Waals surface area contributed by atoms with Crippen LogP contribution >= 0.6 is 11.6 Å². The Labute approximate surface area is 112 Å². The predicted octanol–water partition coefficient (Wildman–Crippen LogP) is 4.13. The van der Waals surface area contributed by atoms with Crippen LogP contribution in [0.2, 0.25) is 5.02 Å². The first-order valence-corrected chi connectivity index (χ1v) is 6.06. The summed E-state index contributed by atoms with van der Waals surface area (Å²) in [5, 5.41) is 12.7. The van der Waals surface area contributed by atoms with Crippen LogP contribution in [0.25, 0.3) is 0 Å². The fraction of sp³-hybridized carbons (Fsp3) is 0.133. The van der Waals surface area contributed by atoms with Gasteiger partial charge in [-0.15, -0.1) is 0 Å². The molecule has 2 aromatic rings. The molecule has 2 nitrogen and oxygen atoms in total. The van der Waals surface area contributed by atoms with E-state index >= 15 is 0 Å². The number of aryl methyl sites for hydroxylation is 1. The summed E-state index contributed by atoms with van der Waals surface area (Å²) >= 11 is 6.11. The Balaban J connectivity index is 2.09. The van der Waals surface area contributed by atoms with Crippen molar-refractivity contribution in [2.45, 2.75) is 13.5 Å². The molecular weight excluding hydrogens is 244 g/mol. The van der Waals surface area contributed by atoms with Gasteiger partial charge < -0.3 is 5.32 Å². The first-order valence-electron chi connectivity index (χ1n) is 5.68. The van der Waals surface area contributed by atoms with E-state index in [9.17, 15) is 0 Å². The van der Waals surface area contributed by atoms with Gasteiger partial charge in [0.25, 0.3) is 0 Å². The van der Waals surface area contributed by atoms with Crippen LogP contribution in [0.4, 0.5) is 5.69 Å². The lowest BCUT2D eigenvalue weighted by molar-refractivity contribution is 1.15. The largest absolute Gasteiger partial charge is 0.381 e. The number of benzene rings is 2. The van der Waals surface area contributed by atoms with Crippen molar-refractivity contribution in [2.75, 3.05) is 5.32 Å². The zero-order valence-electron chi connectivity index (χ0n) is 10.1. The molecule has 0 saturated carbocycles. The fourth-order valence-corrected chi connectivity index (χ4v) is 1.96. The van der Waals surface area contributed by atoms with Crippen LogP contribution in [0, 0.1) is 18.3 Å². The number of anilines is 1. The molecule has 1 N–H and O–H groups in total. The fourth-order valence-electron chi connectivity index (χ4n) is 1.71. The molecule has 0 radical (unpaired) electrons. The molecular formula is C15H13ClN2. The molecule has 0 aliphatic rings. The third-order valence-corrected chi connectivity index (χ3v) is 3.04. The lowest BCUT2D eigenvalue weighted by Gasteiger charge is -2.08. The van der Waals surface area contributed by atoms with Gasteiger partial charge in [-0.2, -0.15) is 5.26 Å². The third-order valence-electron chi connectivity index (χ3n) is 2.68. The Bertz CT molecular complexity index is 600. The van der Waals surface area contributed by atoms with E-state index < -0.39 is 0 Å². The molecule has 0 fully saturated rings. The van der Waals surface area contributed by atoms with Gasteiger partial charge in [-0.1, -0.05) is 29.8 Å². The average molecular weight is 257 g/mol. The normalized spacial score (nSPS) is 9.83. The molecule has 0 unspecified atom stereocenters. The molecule has 0 amide bonds. The van der Waals surface area contributed by atoms with Crippen molar-refractivity contribution in [2.24, 2.45) is 0 Å². The second kappa shape index (κ2) is 5.57. The molecule has 18 heavy (non-hydrogen) atoms. The predicted molar refractivity (Wildman–Crippen MR) is 74.7 cm³/mol. The van der Waals surface area contributed by atoms with Crippen LogP contribution in [0.3, 0.4) is 0 Å². The lowest BCUT2D eigenvalue weighted by Crippen LogP contribution is -2.00. The SMILES string of the molecule is Cc1cccc(NCc2ccc(C#N)cc2Cl)c1.